The van der Waals surface area contributed by atoms with Crippen LogP contribution in [0.4, 0.5) is 5.69 Å². The lowest BCUT2D eigenvalue weighted by molar-refractivity contribution is 0.368. The predicted molar refractivity (Wildman–Crippen MR) is 84.3 cm³/mol. The van der Waals surface area contributed by atoms with Gasteiger partial charge in [0.15, 0.2) is 0 Å². The van der Waals surface area contributed by atoms with Crippen LogP contribution in [0.25, 0.3) is 0 Å². The Morgan fingerprint density at radius 1 is 1.42 bits per heavy atom. The maximum atomic E-state index is 6.24. The standard InChI is InChI=1S/C16H25ClN2/c1-4-9-18-14-8-10-19(12(2)11-14)16-7-5-6-15(17)13(16)3/h5-7,12,14,18H,4,8-11H2,1-3H3. The number of rotatable bonds is 4. The minimum absolute atomic E-state index is 0.570. The number of halogens is 1. The molecule has 0 saturated carbocycles. The van der Waals surface area contributed by atoms with Crippen molar-refractivity contribution in [1.82, 2.24) is 5.32 Å². The molecule has 1 heterocycles. The molecule has 0 amide bonds. The van der Waals surface area contributed by atoms with E-state index in [-0.39, 0.29) is 0 Å². The van der Waals surface area contributed by atoms with Gasteiger partial charge in [0.05, 0.1) is 0 Å². The van der Waals surface area contributed by atoms with Gasteiger partial charge in [0, 0.05) is 29.3 Å². The van der Waals surface area contributed by atoms with E-state index in [9.17, 15) is 0 Å². The summed E-state index contributed by atoms with van der Waals surface area (Å²) in [6.07, 6.45) is 3.64. The van der Waals surface area contributed by atoms with Crippen LogP contribution in [0.15, 0.2) is 18.2 Å². The van der Waals surface area contributed by atoms with Crippen LogP contribution in [-0.2, 0) is 0 Å². The van der Waals surface area contributed by atoms with Crippen molar-refractivity contribution in [1.29, 1.82) is 0 Å². The zero-order chi connectivity index (χ0) is 13.8. The van der Waals surface area contributed by atoms with Crippen LogP contribution in [0.5, 0.6) is 0 Å². The molecule has 0 spiro atoms. The van der Waals surface area contributed by atoms with Crippen molar-refractivity contribution >= 4 is 17.3 Å². The first-order valence-corrected chi connectivity index (χ1v) is 7.76. The summed E-state index contributed by atoms with van der Waals surface area (Å²) in [6.45, 7) is 8.91. The van der Waals surface area contributed by atoms with Gasteiger partial charge in [-0.05, 0) is 57.4 Å². The third-order valence-corrected chi connectivity index (χ3v) is 4.52. The highest BCUT2D eigenvalue weighted by Gasteiger charge is 2.26. The number of piperidine rings is 1. The molecule has 2 unspecified atom stereocenters. The molecule has 0 radical (unpaired) electrons. The van der Waals surface area contributed by atoms with Gasteiger partial charge in [0.25, 0.3) is 0 Å². The molecule has 2 atom stereocenters. The van der Waals surface area contributed by atoms with Gasteiger partial charge in [0.1, 0.15) is 0 Å². The average Bonchev–Trinajstić information content (AvgIpc) is 2.40. The molecule has 19 heavy (non-hydrogen) atoms. The van der Waals surface area contributed by atoms with Crippen LogP contribution in [0.2, 0.25) is 5.02 Å². The van der Waals surface area contributed by atoms with Crippen molar-refractivity contribution in [2.75, 3.05) is 18.0 Å². The van der Waals surface area contributed by atoms with Gasteiger partial charge in [-0.1, -0.05) is 24.6 Å². The van der Waals surface area contributed by atoms with Crippen molar-refractivity contribution in [3.05, 3.63) is 28.8 Å². The second-order valence-corrected chi connectivity index (χ2v) is 6.01. The van der Waals surface area contributed by atoms with E-state index in [1.165, 1.54) is 30.5 Å². The van der Waals surface area contributed by atoms with Crippen molar-refractivity contribution in [2.24, 2.45) is 0 Å². The molecule has 106 valence electrons. The van der Waals surface area contributed by atoms with Crippen molar-refractivity contribution < 1.29 is 0 Å². The van der Waals surface area contributed by atoms with Crippen LogP contribution >= 0.6 is 11.6 Å². The lowest BCUT2D eigenvalue weighted by atomic mass is 9.96. The molecular formula is C16H25ClN2. The summed E-state index contributed by atoms with van der Waals surface area (Å²) in [5, 5.41) is 4.52. The first-order chi connectivity index (χ1) is 9.13. The Bertz CT molecular complexity index is 419. The first-order valence-electron chi connectivity index (χ1n) is 7.38. The fourth-order valence-corrected chi connectivity index (χ4v) is 3.14. The zero-order valence-corrected chi connectivity index (χ0v) is 13.0. The Hall–Kier alpha value is -0.730. The number of hydrogen-bond acceptors (Lipinski definition) is 2. The zero-order valence-electron chi connectivity index (χ0n) is 12.2. The molecular weight excluding hydrogens is 256 g/mol. The Labute approximate surface area is 122 Å². The van der Waals surface area contributed by atoms with Crippen LogP contribution < -0.4 is 10.2 Å². The van der Waals surface area contributed by atoms with Gasteiger partial charge in [-0.15, -0.1) is 0 Å². The van der Waals surface area contributed by atoms with Crippen molar-refractivity contribution in [2.45, 2.75) is 52.1 Å². The highest BCUT2D eigenvalue weighted by Crippen LogP contribution is 2.31. The summed E-state index contributed by atoms with van der Waals surface area (Å²) in [5.41, 5.74) is 2.50. The van der Waals surface area contributed by atoms with E-state index in [0.29, 0.717) is 12.1 Å². The number of nitrogens with one attached hydrogen (secondary N) is 1. The number of anilines is 1. The maximum absolute atomic E-state index is 6.24. The molecule has 1 aliphatic rings. The third kappa shape index (κ3) is 3.43. The largest absolute Gasteiger partial charge is 0.368 e. The van der Waals surface area contributed by atoms with Gasteiger partial charge in [-0.25, -0.2) is 0 Å². The van der Waals surface area contributed by atoms with Crippen LogP contribution in [0.1, 0.15) is 38.7 Å². The van der Waals surface area contributed by atoms with E-state index in [2.05, 4.69) is 43.1 Å². The number of benzene rings is 1. The second kappa shape index (κ2) is 6.62. The normalized spacial score (nSPS) is 23.7. The maximum Gasteiger partial charge on any atom is 0.0455 e. The molecule has 0 bridgehead atoms. The molecule has 0 aliphatic carbocycles. The summed E-state index contributed by atoms with van der Waals surface area (Å²) in [5.74, 6) is 0. The van der Waals surface area contributed by atoms with Crippen LogP contribution in [-0.4, -0.2) is 25.2 Å². The second-order valence-electron chi connectivity index (χ2n) is 5.60. The van der Waals surface area contributed by atoms with Gasteiger partial charge in [-0.2, -0.15) is 0 Å². The van der Waals surface area contributed by atoms with Crippen LogP contribution in [0.3, 0.4) is 0 Å². The summed E-state index contributed by atoms with van der Waals surface area (Å²) < 4.78 is 0. The topological polar surface area (TPSA) is 15.3 Å². The quantitative estimate of drug-likeness (QED) is 0.897. The summed E-state index contributed by atoms with van der Waals surface area (Å²) >= 11 is 6.24. The Kier molecular flexibility index (Phi) is 5.12. The monoisotopic (exact) mass is 280 g/mol. The molecule has 1 aliphatic heterocycles. The lowest BCUT2D eigenvalue weighted by Crippen LogP contribution is -2.47. The minimum atomic E-state index is 0.570. The smallest absolute Gasteiger partial charge is 0.0455 e. The highest BCUT2D eigenvalue weighted by atomic mass is 35.5. The van der Waals surface area contributed by atoms with E-state index in [0.717, 1.165) is 18.1 Å². The highest BCUT2D eigenvalue weighted by molar-refractivity contribution is 6.31. The van der Waals surface area contributed by atoms with Gasteiger partial charge in [-0.3, -0.25) is 0 Å². The van der Waals surface area contributed by atoms with E-state index in [1.807, 2.05) is 6.07 Å². The SMILES string of the molecule is CCCNC1CCN(c2cccc(Cl)c2C)C(C)C1. The number of hydrogen-bond donors (Lipinski definition) is 1. The molecule has 1 N–H and O–H groups in total. The summed E-state index contributed by atoms with van der Waals surface area (Å²) in [7, 11) is 0. The Morgan fingerprint density at radius 2 is 2.21 bits per heavy atom. The predicted octanol–water partition coefficient (Wildman–Crippen LogP) is 4.01. The van der Waals surface area contributed by atoms with E-state index in [1.54, 1.807) is 0 Å². The fourth-order valence-electron chi connectivity index (χ4n) is 2.97. The molecule has 3 heteroatoms. The average molecular weight is 281 g/mol. The lowest BCUT2D eigenvalue weighted by Gasteiger charge is -2.40. The summed E-state index contributed by atoms with van der Waals surface area (Å²) in [4.78, 5) is 2.51. The van der Waals surface area contributed by atoms with Crippen LogP contribution in [0, 0.1) is 6.92 Å². The van der Waals surface area contributed by atoms with E-state index < -0.39 is 0 Å². The Morgan fingerprint density at radius 3 is 2.89 bits per heavy atom. The van der Waals surface area contributed by atoms with Gasteiger partial charge >= 0.3 is 0 Å². The molecule has 1 fully saturated rings. The fraction of sp³-hybridized carbons (Fsp3) is 0.625. The van der Waals surface area contributed by atoms with E-state index in [4.69, 9.17) is 11.6 Å². The number of nitrogens with zero attached hydrogens (tertiary/aromatic N) is 1. The molecule has 2 rings (SSSR count). The Balaban J connectivity index is 2.05. The molecule has 1 saturated heterocycles. The van der Waals surface area contributed by atoms with E-state index >= 15 is 0 Å². The third-order valence-electron chi connectivity index (χ3n) is 4.11. The van der Waals surface area contributed by atoms with Crippen molar-refractivity contribution in [3.63, 3.8) is 0 Å². The van der Waals surface area contributed by atoms with Gasteiger partial charge in [0.2, 0.25) is 0 Å². The van der Waals surface area contributed by atoms with Crippen molar-refractivity contribution in [3.8, 4) is 0 Å². The molecule has 1 aromatic rings. The molecule has 0 aromatic heterocycles. The van der Waals surface area contributed by atoms with Gasteiger partial charge < -0.3 is 10.2 Å². The molecule has 1 aromatic carbocycles. The summed E-state index contributed by atoms with van der Waals surface area (Å²) in [6, 6.07) is 7.46. The minimum Gasteiger partial charge on any atom is -0.368 e. The first kappa shape index (κ1) is 14.7. The molecule has 2 nitrogen and oxygen atoms in total.